The van der Waals surface area contributed by atoms with Crippen LogP contribution in [0.4, 0.5) is 5.82 Å². The molecule has 0 aromatic carbocycles. The quantitative estimate of drug-likeness (QED) is 0.713. The Balaban J connectivity index is 2.54. The molecule has 1 saturated heterocycles. The maximum absolute atomic E-state index is 13.3. The highest BCUT2D eigenvalue weighted by molar-refractivity contribution is 7.89. The Morgan fingerprint density at radius 3 is 2.68 bits per heavy atom. The van der Waals surface area contributed by atoms with E-state index in [4.69, 9.17) is 4.74 Å². The first-order valence-corrected chi connectivity index (χ1v) is 10.0. The molecule has 1 aromatic heterocycles. The van der Waals surface area contributed by atoms with Crippen LogP contribution in [-0.2, 0) is 19.6 Å². The third-order valence-corrected chi connectivity index (χ3v) is 6.41. The number of hydrogen-bond acceptors (Lipinski definition) is 6. The molecule has 1 fully saturated rings. The highest BCUT2D eigenvalue weighted by Gasteiger charge is 2.41. The van der Waals surface area contributed by atoms with Gasteiger partial charge in [-0.25, -0.2) is 13.4 Å². The fourth-order valence-corrected chi connectivity index (χ4v) is 5.00. The van der Waals surface area contributed by atoms with Crippen molar-refractivity contribution in [2.75, 3.05) is 25.1 Å². The van der Waals surface area contributed by atoms with Gasteiger partial charge in [-0.2, -0.15) is 4.31 Å². The van der Waals surface area contributed by atoms with Gasteiger partial charge in [0.15, 0.2) is 0 Å². The van der Waals surface area contributed by atoms with Gasteiger partial charge in [-0.15, -0.1) is 0 Å². The van der Waals surface area contributed by atoms with Crippen LogP contribution in [0.3, 0.4) is 0 Å². The maximum atomic E-state index is 13.3. The van der Waals surface area contributed by atoms with E-state index < -0.39 is 22.0 Å². The van der Waals surface area contributed by atoms with Gasteiger partial charge in [-0.05, 0) is 52.7 Å². The topological polar surface area (TPSA) is 79.8 Å². The number of carbonyl (C=O) groups excluding carboxylic acids is 1. The first kappa shape index (κ1) is 19.7. The molecule has 7 nitrogen and oxygen atoms in total. The van der Waals surface area contributed by atoms with Crippen molar-refractivity contribution in [2.24, 2.45) is 0 Å². The van der Waals surface area contributed by atoms with Gasteiger partial charge in [0, 0.05) is 24.8 Å². The van der Waals surface area contributed by atoms with Crippen molar-refractivity contribution in [3.05, 3.63) is 17.8 Å². The van der Waals surface area contributed by atoms with E-state index in [2.05, 4.69) is 4.98 Å². The Hall–Kier alpha value is -1.67. The average Bonchev–Trinajstić information content (AvgIpc) is 3.04. The summed E-state index contributed by atoms with van der Waals surface area (Å²) in [7, 11) is -2.57. The molecule has 140 valence electrons. The zero-order valence-electron chi connectivity index (χ0n) is 15.5. The number of anilines is 1. The molecule has 0 spiro atoms. The van der Waals surface area contributed by atoms with Crippen LogP contribution in [0, 0.1) is 6.92 Å². The Labute approximate surface area is 150 Å². The summed E-state index contributed by atoms with van der Waals surface area (Å²) in [6.45, 7) is 8.74. The summed E-state index contributed by atoms with van der Waals surface area (Å²) in [6, 6.07) is 2.61. The Kier molecular flexibility index (Phi) is 6.05. The SMILES string of the molecule is CCN(c1nc(C)ccc1S(=O)(=O)N1CCC[C@H]1C(=O)OC)C(C)C. The van der Waals surface area contributed by atoms with Crippen molar-refractivity contribution in [3.63, 3.8) is 0 Å². The van der Waals surface area contributed by atoms with E-state index >= 15 is 0 Å². The van der Waals surface area contributed by atoms with Crippen molar-refractivity contribution in [1.82, 2.24) is 9.29 Å². The van der Waals surface area contributed by atoms with E-state index in [1.54, 1.807) is 12.1 Å². The van der Waals surface area contributed by atoms with Gasteiger partial charge in [0.1, 0.15) is 16.8 Å². The molecule has 2 rings (SSSR count). The molecular formula is C17H27N3O4S. The molecule has 1 aromatic rings. The molecule has 1 aliphatic rings. The molecule has 1 atom stereocenters. The van der Waals surface area contributed by atoms with E-state index in [9.17, 15) is 13.2 Å². The summed E-state index contributed by atoms with van der Waals surface area (Å²) >= 11 is 0. The fourth-order valence-electron chi connectivity index (χ4n) is 3.22. The summed E-state index contributed by atoms with van der Waals surface area (Å²) < 4.78 is 32.6. The van der Waals surface area contributed by atoms with Gasteiger partial charge in [0.05, 0.1) is 7.11 Å². The highest BCUT2D eigenvalue weighted by Crippen LogP contribution is 2.32. The van der Waals surface area contributed by atoms with E-state index in [1.807, 2.05) is 32.6 Å². The average molecular weight is 369 g/mol. The van der Waals surface area contributed by atoms with Crippen molar-refractivity contribution in [3.8, 4) is 0 Å². The van der Waals surface area contributed by atoms with Crippen LogP contribution >= 0.6 is 0 Å². The van der Waals surface area contributed by atoms with Gasteiger partial charge in [0.2, 0.25) is 10.0 Å². The Morgan fingerprint density at radius 1 is 1.44 bits per heavy atom. The maximum Gasteiger partial charge on any atom is 0.324 e. The lowest BCUT2D eigenvalue weighted by Crippen LogP contribution is -2.42. The Bertz CT molecular complexity index is 733. The summed E-state index contributed by atoms with van der Waals surface area (Å²) in [5.74, 6) is -0.0769. The predicted octanol–water partition coefficient (Wildman–Crippen LogP) is 1.95. The second-order valence-corrected chi connectivity index (χ2v) is 8.31. The number of sulfonamides is 1. The third kappa shape index (κ3) is 3.79. The number of pyridine rings is 1. The van der Waals surface area contributed by atoms with Crippen LogP contribution in [-0.4, -0.2) is 56.0 Å². The van der Waals surface area contributed by atoms with Crippen molar-refractivity contribution >= 4 is 21.8 Å². The number of nitrogens with zero attached hydrogens (tertiary/aromatic N) is 3. The monoisotopic (exact) mass is 369 g/mol. The lowest BCUT2D eigenvalue weighted by molar-refractivity contribution is -0.144. The molecule has 0 unspecified atom stereocenters. The zero-order valence-corrected chi connectivity index (χ0v) is 16.3. The van der Waals surface area contributed by atoms with Crippen molar-refractivity contribution < 1.29 is 17.9 Å². The lowest BCUT2D eigenvalue weighted by Gasteiger charge is -2.30. The van der Waals surface area contributed by atoms with E-state index in [1.165, 1.54) is 11.4 Å². The smallest absolute Gasteiger partial charge is 0.324 e. The number of esters is 1. The summed E-state index contributed by atoms with van der Waals surface area (Å²) in [4.78, 5) is 18.6. The third-order valence-electron chi connectivity index (χ3n) is 4.48. The number of ether oxygens (including phenoxy) is 1. The largest absolute Gasteiger partial charge is 0.468 e. The number of hydrogen-bond donors (Lipinski definition) is 0. The van der Waals surface area contributed by atoms with E-state index in [0.717, 1.165) is 5.69 Å². The molecular weight excluding hydrogens is 342 g/mol. The van der Waals surface area contributed by atoms with Crippen molar-refractivity contribution in [2.45, 2.75) is 57.5 Å². The van der Waals surface area contributed by atoms with E-state index in [-0.39, 0.29) is 10.9 Å². The molecule has 0 saturated carbocycles. The molecule has 25 heavy (non-hydrogen) atoms. The van der Waals surface area contributed by atoms with Crippen LogP contribution in [0.1, 0.15) is 39.3 Å². The molecule has 1 aliphatic heterocycles. The van der Waals surface area contributed by atoms with Crippen LogP contribution < -0.4 is 4.90 Å². The van der Waals surface area contributed by atoms with Gasteiger partial charge in [0.25, 0.3) is 0 Å². The zero-order chi connectivity index (χ0) is 18.8. The number of carbonyl (C=O) groups is 1. The minimum Gasteiger partial charge on any atom is -0.468 e. The second kappa shape index (κ2) is 7.70. The van der Waals surface area contributed by atoms with Gasteiger partial charge in [-0.3, -0.25) is 4.79 Å². The number of methoxy groups -OCH3 is 1. The van der Waals surface area contributed by atoms with Gasteiger partial charge < -0.3 is 9.64 Å². The number of aryl methyl sites for hydroxylation is 1. The fraction of sp³-hybridized carbons (Fsp3) is 0.647. The van der Waals surface area contributed by atoms with Crippen LogP contribution in [0.5, 0.6) is 0 Å². The molecule has 0 radical (unpaired) electrons. The standard InChI is InChI=1S/C17H27N3O4S/c1-6-19(12(2)3)16-15(10-9-13(4)18-16)25(22,23)20-11-7-8-14(20)17(21)24-5/h9-10,12,14H,6-8,11H2,1-5H3/t14-/m0/s1. The van der Waals surface area contributed by atoms with Crippen molar-refractivity contribution in [1.29, 1.82) is 0 Å². The lowest BCUT2D eigenvalue weighted by atomic mass is 10.2. The summed E-state index contributed by atoms with van der Waals surface area (Å²) in [5, 5.41) is 0. The minimum atomic E-state index is -3.85. The predicted molar refractivity (Wildman–Crippen MR) is 96.1 cm³/mol. The number of rotatable bonds is 6. The van der Waals surface area contributed by atoms with Crippen LogP contribution in [0.2, 0.25) is 0 Å². The van der Waals surface area contributed by atoms with Crippen LogP contribution in [0.15, 0.2) is 17.0 Å². The molecule has 0 bridgehead atoms. The molecule has 0 N–H and O–H groups in total. The molecule has 0 amide bonds. The summed E-state index contributed by atoms with van der Waals surface area (Å²) in [6.07, 6.45) is 1.11. The first-order chi connectivity index (χ1) is 11.7. The number of aromatic nitrogens is 1. The second-order valence-electron chi connectivity index (χ2n) is 6.45. The Morgan fingerprint density at radius 2 is 2.12 bits per heavy atom. The first-order valence-electron chi connectivity index (χ1n) is 8.58. The summed E-state index contributed by atoms with van der Waals surface area (Å²) in [5.41, 5.74) is 0.749. The molecule has 2 heterocycles. The normalized spacial score (nSPS) is 18.6. The molecule has 0 aliphatic carbocycles. The van der Waals surface area contributed by atoms with E-state index in [0.29, 0.717) is 31.7 Å². The van der Waals surface area contributed by atoms with Crippen LogP contribution in [0.25, 0.3) is 0 Å². The highest BCUT2D eigenvalue weighted by atomic mass is 32.2. The molecule has 8 heteroatoms. The van der Waals surface area contributed by atoms with Gasteiger partial charge >= 0.3 is 5.97 Å². The minimum absolute atomic E-state index is 0.100. The van der Waals surface area contributed by atoms with Gasteiger partial charge in [-0.1, -0.05) is 0 Å².